The minimum atomic E-state index is -0.665. The molecule has 0 fully saturated rings. The molecule has 0 unspecified atom stereocenters. The molecular formula is C4H7N5O. The number of carbonyl (C=O) groups excluding carboxylic acids is 1. The van der Waals surface area contributed by atoms with Crippen molar-refractivity contribution in [1.82, 2.24) is 9.97 Å². The first-order valence-electron chi connectivity index (χ1n) is 2.52. The average molecular weight is 141 g/mol. The number of hydrogen-bond donors (Lipinski definition) is 4. The van der Waals surface area contributed by atoms with Crippen LogP contribution in [0.2, 0.25) is 0 Å². The quantitative estimate of drug-likeness (QED) is 0.387. The number of H-pyrrole nitrogens is 1. The Hall–Kier alpha value is -1.72. The first-order valence-corrected chi connectivity index (χ1v) is 2.52. The van der Waals surface area contributed by atoms with E-state index in [4.69, 9.17) is 17.2 Å². The van der Waals surface area contributed by atoms with Crippen LogP contribution in [-0.4, -0.2) is 15.9 Å². The van der Waals surface area contributed by atoms with Gasteiger partial charge in [0.05, 0.1) is 0 Å². The van der Waals surface area contributed by atoms with E-state index in [0.29, 0.717) is 0 Å². The number of nitrogens with two attached hydrogens (primary N) is 3. The third kappa shape index (κ3) is 0.859. The largest absolute Gasteiger partial charge is 0.382 e. The van der Waals surface area contributed by atoms with Crippen LogP contribution in [-0.2, 0) is 0 Å². The predicted octanol–water partition coefficient (Wildman–Crippen LogP) is -1.33. The number of nitrogens with one attached hydrogen (secondary N) is 1. The molecule has 0 spiro atoms. The maximum atomic E-state index is 10.5. The number of imidazole rings is 1. The van der Waals surface area contributed by atoms with Gasteiger partial charge in [-0.3, -0.25) is 4.79 Å². The summed E-state index contributed by atoms with van der Waals surface area (Å²) < 4.78 is 0. The molecule has 0 aliphatic rings. The number of aromatic nitrogens is 2. The smallest absolute Gasteiger partial charge is 0.269 e. The monoisotopic (exact) mass is 141 g/mol. The predicted molar refractivity (Wildman–Crippen MR) is 35.9 cm³/mol. The van der Waals surface area contributed by atoms with Crippen molar-refractivity contribution in [2.45, 2.75) is 0 Å². The summed E-state index contributed by atoms with van der Waals surface area (Å²) in [6.07, 6.45) is 0. The van der Waals surface area contributed by atoms with Gasteiger partial charge >= 0.3 is 0 Å². The molecule has 54 valence electrons. The normalized spacial score (nSPS) is 9.60. The van der Waals surface area contributed by atoms with E-state index in [-0.39, 0.29) is 17.5 Å². The van der Waals surface area contributed by atoms with Crippen LogP contribution in [0.1, 0.15) is 10.5 Å². The zero-order chi connectivity index (χ0) is 7.72. The third-order valence-electron chi connectivity index (χ3n) is 0.997. The number of aromatic amines is 1. The lowest BCUT2D eigenvalue weighted by Gasteiger charge is -1.87. The summed E-state index contributed by atoms with van der Waals surface area (Å²) in [6.45, 7) is 0. The Bertz CT molecular complexity index is 265. The Labute approximate surface area is 56.4 Å². The zero-order valence-corrected chi connectivity index (χ0v) is 5.09. The molecule has 1 aromatic rings. The van der Waals surface area contributed by atoms with Gasteiger partial charge in [-0.25, -0.2) is 0 Å². The standard InChI is InChI=1S/C4H7N5O/c5-2-1(3(6)10)8-4(7)9-2/h5H2,(H2,6,10)(H3,7,8,9). The number of hydrogen-bond acceptors (Lipinski definition) is 4. The van der Waals surface area contributed by atoms with Crippen molar-refractivity contribution < 1.29 is 4.79 Å². The molecule has 0 atom stereocenters. The van der Waals surface area contributed by atoms with Crippen LogP contribution in [0.3, 0.4) is 0 Å². The summed E-state index contributed by atoms with van der Waals surface area (Å²) in [5.74, 6) is -0.544. The average Bonchev–Trinajstić information content (AvgIpc) is 2.10. The summed E-state index contributed by atoms with van der Waals surface area (Å²) in [4.78, 5) is 16.4. The number of amides is 1. The number of anilines is 2. The molecule has 7 N–H and O–H groups in total. The molecule has 0 radical (unpaired) electrons. The maximum absolute atomic E-state index is 10.5. The lowest BCUT2D eigenvalue weighted by Crippen LogP contribution is -2.13. The van der Waals surface area contributed by atoms with Gasteiger partial charge in [0, 0.05) is 0 Å². The Morgan fingerprint density at radius 1 is 1.50 bits per heavy atom. The molecule has 1 amide bonds. The van der Waals surface area contributed by atoms with Gasteiger partial charge in [0.25, 0.3) is 5.91 Å². The van der Waals surface area contributed by atoms with E-state index >= 15 is 0 Å². The third-order valence-corrected chi connectivity index (χ3v) is 0.997. The molecule has 6 nitrogen and oxygen atoms in total. The van der Waals surface area contributed by atoms with Gasteiger partial charge in [-0.05, 0) is 0 Å². The van der Waals surface area contributed by atoms with Crippen LogP contribution >= 0.6 is 0 Å². The molecule has 0 aliphatic heterocycles. The first kappa shape index (κ1) is 6.40. The van der Waals surface area contributed by atoms with E-state index in [1.807, 2.05) is 0 Å². The number of nitrogens with zero attached hydrogens (tertiary/aromatic N) is 1. The molecular weight excluding hydrogens is 134 g/mol. The van der Waals surface area contributed by atoms with Crippen molar-refractivity contribution in [3.05, 3.63) is 5.69 Å². The molecule has 0 saturated carbocycles. The Morgan fingerprint density at radius 3 is 2.30 bits per heavy atom. The Kier molecular flexibility index (Phi) is 1.22. The summed E-state index contributed by atoms with van der Waals surface area (Å²) in [5, 5.41) is 0. The summed E-state index contributed by atoms with van der Waals surface area (Å²) in [5.41, 5.74) is 15.3. The van der Waals surface area contributed by atoms with E-state index in [0.717, 1.165) is 0 Å². The van der Waals surface area contributed by atoms with Crippen LogP contribution in [0, 0.1) is 0 Å². The molecule has 1 rings (SSSR count). The van der Waals surface area contributed by atoms with Crippen molar-refractivity contribution in [3.63, 3.8) is 0 Å². The van der Waals surface area contributed by atoms with Crippen LogP contribution in [0.4, 0.5) is 11.8 Å². The lowest BCUT2D eigenvalue weighted by atomic mass is 10.4. The van der Waals surface area contributed by atoms with Gasteiger partial charge in [-0.2, -0.15) is 4.98 Å². The highest BCUT2D eigenvalue weighted by atomic mass is 16.1. The fourth-order valence-corrected chi connectivity index (χ4v) is 0.594. The molecule has 6 heteroatoms. The number of nitrogen functional groups attached to an aromatic ring is 2. The molecule has 0 saturated heterocycles. The second-order valence-corrected chi connectivity index (χ2v) is 1.75. The molecule has 10 heavy (non-hydrogen) atoms. The van der Waals surface area contributed by atoms with E-state index < -0.39 is 5.91 Å². The Balaban J connectivity index is 3.15. The minimum Gasteiger partial charge on any atom is -0.382 e. The Morgan fingerprint density at radius 2 is 2.10 bits per heavy atom. The fraction of sp³-hybridized carbons (Fsp3) is 0. The van der Waals surface area contributed by atoms with Crippen molar-refractivity contribution in [3.8, 4) is 0 Å². The minimum absolute atomic E-state index is 0.0324. The van der Waals surface area contributed by atoms with Gasteiger partial charge in [0.2, 0.25) is 0 Å². The second-order valence-electron chi connectivity index (χ2n) is 1.75. The van der Waals surface area contributed by atoms with Crippen molar-refractivity contribution in [2.75, 3.05) is 11.5 Å². The SMILES string of the molecule is NC(=O)c1[nH]c(N)nc1N. The molecule has 1 heterocycles. The van der Waals surface area contributed by atoms with E-state index in [1.165, 1.54) is 0 Å². The van der Waals surface area contributed by atoms with E-state index in [9.17, 15) is 4.79 Å². The molecule has 1 aromatic heterocycles. The van der Waals surface area contributed by atoms with Gasteiger partial charge in [-0.15, -0.1) is 0 Å². The van der Waals surface area contributed by atoms with Crippen molar-refractivity contribution >= 4 is 17.7 Å². The van der Waals surface area contributed by atoms with Crippen LogP contribution in [0.15, 0.2) is 0 Å². The number of primary amides is 1. The molecule has 0 bridgehead atoms. The van der Waals surface area contributed by atoms with E-state index in [2.05, 4.69) is 9.97 Å². The highest BCUT2D eigenvalue weighted by Crippen LogP contribution is 2.07. The topological polar surface area (TPSA) is 124 Å². The summed E-state index contributed by atoms with van der Waals surface area (Å²) in [6, 6.07) is 0. The lowest BCUT2D eigenvalue weighted by molar-refractivity contribution is 0.0997. The van der Waals surface area contributed by atoms with Crippen LogP contribution < -0.4 is 17.2 Å². The van der Waals surface area contributed by atoms with Crippen LogP contribution in [0.25, 0.3) is 0 Å². The molecule has 0 aliphatic carbocycles. The van der Waals surface area contributed by atoms with Crippen molar-refractivity contribution in [1.29, 1.82) is 0 Å². The highest BCUT2D eigenvalue weighted by Gasteiger charge is 2.09. The maximum Gasteiger partial charge on any atom is 0.269 e. The van der Waals surface area contributed by atoms with Crippen molar-refractivity contribution in [2.24, 2.45) is 5.73 Å². The van der Waals surface area contributed by atoms with Crippen LogP contribution in [0.5, 0.6) is 0 Å². The van der Waals surface area contributed by atoms with Gasteiger partial charge in [0.15, 0.2) is 11.8 Å². The second kappa shape index (κ2) is 1.90. The summed E-state index contributed by atoms with van der Waals surface area (Å²) in [7, 11) is 0. The molecule has 0 aromatic carbocycles. The van der Waals surface area contributed by atoms with Gasteiger partial charge in [0.1, 0.15) is 5.69 Å². The fourth-order valence-electron chi connectivity index (χ4n) is 0.594. The summed E-state index contributed by atoms with van der Waals surface area (Å²) >= 11 is 0. The van der Waals surface area contributed by atoms with Gasteiger partial charge < -0.3 is 22.2 Å². The van der Waals surface area contributed by atoms with E-state index in [1.54, 1.807) is 0 Å². The number of carbonyl (C=O) groups is 1. The first-order chi connectivity index (χ1) is 4.61. The zero-order valence-electron chi connectivity index (χ0n) is 5.09. The highest BCUT2D eigenvalue weighted by molar-refractivity contribution is 5.95. The van der Waals surface area contributed by atoms with Gasteiger partial charge in [-0.1, -0.05) is 0 Å². The number of rotatable bonds is 1.